The molecule has 0 amide bonds. The lowest BCUT2D eigenvalue weighted by atomic mass is 9.86. The van der Waals surface area contributed by atoms with Crippen LogP contribution in [0.2, 0.25) is 0 Å². The number of likely N-dealkylation sites (tertiary alicyclic amines) is 1. The molecule has 2 aliphatic rings. The molecular formula is C12H21NO2. The molecule has 0 spiro atoms. The molecule has 1 heterocycles. The Kier molecular flexibility index (Phi) is 3.76. The fraction of sp³-hybridized carbons (Fsp3) is 0.917. The maximum absolute atomic E-state index is 11.1. The van der Waals surface area contributed by atoms with E-state index in [0.29, 0.717) is 11.7 Å². The normalized spacial score (nSPS) is 34.3. The van der Waals surface area contributed by atoms with Gasteiger partial charge in [0.25, 0.3) is 0 Å². The average Bonchev–Trinajstić information content (AvgIpc) is 2.22. The van der Waals surface area contributed by atoms with Gasteiger partial charge in [0, 0.05) is 32.5 Å². The van der Waals surface area contributed by atoms with Crippen molar-refractivity contribution < 1.29 is 9.90 Å². The summed E-state index contributed by atoms with van der Waals surface area (Å²) in [6, 6.07) is 0. The van der Waals surface area contributed by atoms with Crippen molar-refractivity contribution in [2.45, 2.75) is 44.6 Å². The fourth-order valence-electron chi connectivity index (χ4n) is 2.78. The number of carbonyl (C=O) groups is 1. The maximum Gasteiger partial charge on any atom is 0.135 e. The fourth-order valence-corrected chi connectivity index (χ4v) is 2.78. The van der Waals surface area contributed by atoms with E-state index in [1.165, 1.54) is 12.8 Å². The van der Waals surface area contributed by atoms with Crippen LogP contribution in [0.5, 0.6) is 0 Å². The Hall–Kier alpha value is -0.410. The van der Waals surface area contributed by atoms with Gasteiger partial charge in [0.2, 0.25) is 0 Å². The van der Waals surface area contributed by atoms with E-state index in [2.05, 4.69) is 4.90 Å². The Balaban J connectivity index is 1.74. The second-order valence-corrected chi connectivity index (χ2v) is 5.03. The van der Waals surface area contributed by atoms with E-state index < -0.39 is 0 Å². The number of aliphatic hydroxyl groups excluding tert-OH is 1. The van der Waals surface area contributed by atoms with Crippen LogP contribution >= 0.6 is 0 Å². The summed E-state index contributed by atoms with van der Waals surface area (Å²) in [5, 5.41) is 9.58. The standard InChI is InChI=1S/C12H21NO2/c14-11-4-6-13(7-5-11)9-10-2-1-3-12(15)8-10/h10,12,15H,1-9H2. The lowest BCUT2D eigenvalue weighted by molar-refractivity contribution is -0.121. The summed E-state index contributed by atoms with van der Waals surface area (Å²) in [5.74, 6) is 1.07. The predicted molar refractivity (Wildman–Crippen MR) is 58.6 cm³/mol. The Morgan fingerprint density at radius 2 is 2.00 bits per heavy atom. The molecule has 1 saturated heterocycles. The highest BCUT2D eigenvalue weighted by Crippen LogP contribution is 2.25. The van der Waals surface area contributed by atoms with Crippen molar-refractivity contribution in [3.8, 4) is 0 Å². The molecule has 0 radical (unpaired) electrons. The Bertz CT molecular complexity index is 220. The van der Waals surface area contributed by atoms with Crippen molar-refractivity contribution in [2.24, 2.45) is 5.92 Å². The topological polar surface area (TPSA) is 40.5 Å². The zero-order chi connectivity index (χ0) is 10.7. The number of ketones is 1. The van der Waals surface area contributed by atoms with Gasteiger partial charge in [-0.1, -0.05) is 6.42 Å². The van der Waals surface area contributed by atoms with Gasteiger partial charge in [0.1, 0.15) is 5.78 Å². The molecule has 2 rings (SSSR count). The van der Waals surface area contributed by atoms with Gasteiger partial charge in [-0.25, -0.2) is 0 Å². The summed E-state index contributed by atoms with van der Waals surface area (Å²) in [7, 11) is 0. The van der Waals surface area contributed by atoms with Crippen LogP contribution in [0.1, 0.15) is 38.5 Å². The minimum atomic E-state index is -0.0739. The van der Waals surface area contributed by atoms with Crippen LogP contribution in [0.3, 0.4) is 0 Å². The van der Waals surface area contributed by atoms with Gasteiger partial charge in [-0.15, -0.1) is 0 Å². The minimum Gasteiger partial charge on any atom is -0.393 e. The first kappa shape index (κ1) is 11.1. The first-order chi connectivity index (χ1) is 7.24. The van der Waals surface area contributed by atoms with Crippen molar-refractivity contribution in [1.29, 1.82) is 0 Å². The number of piperidine rings is 1. The number of hydrogen-bond donors (Lipinski definition) is 1. The SMILES string of the molecule is O=C1CCN(CC2CCCC(O)C2)CC1. The average molecular weight is 211 g/mol. The molecule has 0 aromatic heterocycles. The first-order valence-corrected chi connectivity index (χ1v) is 6.16. The van der Waals surface area contributed by atoms with Crippen molar-refractivity contribution >= 4 is 5.78 Å². The highest BCUT2D eigenvalue weighted by molar-refractivity contribution is 5.79. The van der Waals surface area contributed by atoms with Gasteiger partial charge in [0.05, 0.1) is 6.10 Å². The van der Waals surface area contributed by atoms with E-state index >= 15 is 0 Å². The van der Waals surface area contributed by atoms with Gasteiger partial charge in [-0.2, -0.15) is 0 Å². The van der Waals surface area contributed by atoms with E-state index in [4.69, 9.17) is 0 Å². The summed E-state index contributed by atoms with van der Waals surface area (Å²) in [6.45, 7) is 2.96. The third-order valence-electron chi connectivity index (χ3n) is 3.69. The zero-order valence-electron chi connectivity index (χ0n) is 9.32. The highest BCUT2D eigenvalue weighted by atomic mass is 16.3. The van der Waals surface area contributed by atoms with Crippen molar-refractivity contribution in [1.82, 2.24) is 4.90 Å². The Labute approximate surface area is 91.5 Å². The second kappa shape index (κ2) is 5.08. The molecule has 0 bridgehead atoms. The van der Waals surface area contributed by atoms with E-state index in [-0.39, 0.29) is 6.10 Å². The van der Waals surface area contributed by atoms with Gasteiger partial charge >= 0.3 is 0 Å². The molecule has 0 aromatic carbocycles. The predicted octanol–water partition coefficient (Wildman–Crippen LogP) is 1.20. The lowest BCUT2D eigenvalue weighted by Gasteiger charge is -2.33. The van der Waals surface area contributed by atoms with Crippen LogP contribution < -0.4 is 0 Å². The summed E-state index contributed by atoms with van der Waals surface area (Å²) in [6.07, 6.45) is 5.75. The van der Waals surface area contributed by atoms with Gasteiger partial charge < -0.3 is 10.0 Å². The van der Waals surface area contributed by atoms with Gasteiger partial charge in [-0.05, 0) is 25.2 Å². The molecule has 1 saturated carbocycles. The molecule has 86 valence electrons. The number of Topliss-reactive ketones (excluding diaryl/α,β-unsaturated/α-hetero) is 1. The number of rotatable bonds is 2. The molecule has 15 heavy (non-hydrogen) atoms. The molecule has 1 aliphatic heterocycles. The van der Waals surface area contributed by atoms with Crippen molar-refractivity contribution in [3.05, 3.63) is 0 Å². The molecule has 3 nitrogen and oxygen atoms in total. The molecule has 2 unspecified atom stereocenters. The minimum absolute atomic E-state index is 0.0739. The summed E-state index contributed by atoms with van der Waals surface area (Å²) < 4.78 is 0. The van der Waals surface area contributed by atoms with E-state index in [1.807, 2.05) is 0 Å². The van der Waals surface area contributed by atoms with Crippen LogP contribution in [0.4, 0.5) is 0 Å². The molecule has 3 heteroatoms. The van der Waals surface area contributed by atoms with Crippen LogP contribution in [0.25, 0.3) is 0 Å². The lowest BCUT2D eigenvalue weighted by Crippen LogP contribution is -2.38. The highest BCUT2D eigenvalue weighted by Gasteiger charge is 2.24. The quantitative estimate of drug-likeness (QED) is 0.746. The van der Waals surface area contributed by atoms with Crippen LogP contribution in [-0.2, 0) is 4.79 Å². The number of aliphatic hydroxyl groups is 1. The molecule has 0 aromatic rings. The van der Waals surface area contributed by atoms with Crippen LogP contribution in [-0.4, -0.2) is 41.5 Å². The van der Waals surface area contributed by atoms with E-state index in [9.17, 15) is 9.90 Å². The summed E-state index contributed by atoms with van der Waals surface area (Å²) in [4.78, 5) is 13.5. The van der Waals surface area contributed by atoms with Crippen LogP contribution in [0, 0.1) is 5.92 Å². The molecular weight excluding hydrogens is 190 g/mol. The molecule has 2 atom stereocenters. The number of hydrogen-bond acceptors (Lipinski definition) is 3. The maximum atomic E-state index is 11.1. The monoisotopic (exact) mass is 211 g/mol. The van der Waals surface area contributed by atoms with Crippen molar-refractivity contribution in [2.75, 3.05) is 19.6 Å². The van der Waals surface area contributed by atoms with E-state index in [0.717, 1.165) is 45.3 Å². The molecule has 2 fully saturated rings. The van der Waals surface area contributed by atoms with Crippen molar-refractivity contribution in [3.63, 3.8) is 0 Å². The largest absolute Gasteiger partial charge is 0.393 e. The third kappa shape index (κ3) is 3.28. The number of carbonyl (C=O) groups excluding carboxylic acids is 1. The molecule has 1 aliphatic carbocycles. The van der Waals surface area contributed by atoms with Gasteiger partial charge in [-0.3, -0.25) is 4.79 Å². The second-order valence-electron chi connectivity index (χ2n) is 5.03. The summed E-state index contributed by atoms with van der Waals surface area (Å²) >= 11 is 0. The third-order valence-corrected chi connectivity index (χ3v) is 3.69. The zero-order valence-corrected chi connectivity index (χ0v) is 9.32. The van der Waals surface area contributed by atoms with Gasteiger partial charge in [0.15, 0.2) is 0 Å². The van der Waals surface area contributed by atoms with Crippen LogP contribution in [0.15, 0.2) is 0 Å². The van der Waals surface area contributed by atoms with E-state index in [1.54, 1.807) is 0 Å². The molecule has 1 N–H and O–H groups in total. The Morgan fingerprint density at radius 1 is 1.27 bits per heavy atom. The smallest absolute Gasteiger partial charge is 0.135 e. The summed E-state index contributed by atoms with van der Waals surface area (Å²) in [5.41, 5.74) is 0. The Morgan fingerprint density at radius 3 is 2.67 bits per heavy atom. The first-order valence-electron chi connectivity index (χ1n) is 6.16. The number of nitrogens with zero attached hydrogens (tertiary/aromatic N) is 1.